The Morgan fingerprint density at radius 3 is 2.94 bits per heavy atom. The third-order valence-electron chi connectivity index (χ3n) is 3.61. The number of nitrogens with one attached hydrogen (secondary N) is 1. The predicted molar refractivity (Wildman–Crippen MR) is 68.9 cm³/mol. The third kappa shape index (κ3) is 2.53. The molecule has 1 amide bonds. The van der Waals surface area contributed by atoms with E-state index in [0.717, 1.165) is 26.1 Å². The Balaban J connectivity index is 1.68. The highest BCUT2D eigenvalue weighted by molar-refractivity contribution is 7.07. The fourth-order valence-corrected chi connectivity index (χ4v) is 3.11. The monoisotopic (exact) mass is 250 g/mol. The van der Waals surface area contributed by atoms with Crippen molar-refractivity contribution in [1.82, 2.24) is 10.2 Å². The van der Waals surface area contributed by atoms with Crippen molar-refractivity contribution in [2.24, 2.45) is 5.92 Å². The summed E-state index contributed by atoms with van der Waals surface area (Å²) in [6, 6.07) is 2.64. The highest BCUT2D eigenvalue weighted by Gasteiger charge is 2.36. The van der Waals surface area contributed by atoms with Crippen molar-refractivity contribution in [1.29, 1.82) is 0 Å². The van der Waals surface area contributed by atoms with E-state index in [0.29, 0.717) is 11.9 Å². The quantitative estimate of drug-likeness (QED) is 0.884. The lowest BCUT2D eigenvalue weighted by Crippen LogP contribution is -2.38. The molecule has 1 saturated heterocycles. The largest absolute Gasteiger partial charge is 0.335 e. The van der Waals surface area contributed by atoms with E-state index in [1.807, 2.05) is 0 Å². The molecule has 0 spiro atoms. The van der Waals surface area contributed by atoms with Crippen LogP contribution in [0, 0.1) is 5.92 Å². The van der Waals surface area contributed by atoms with Gasteiger partial charge in [-0.3, -0.25) is 4.79 Å². The smallest absolute Gasteiger partial charge is 0.227 e. The Labute approximate surface area is 106 Å². The summed E-state index contributed by atoms with van der Waals surface area (Å²) in [6.45, 7) is 2.67. The van der Waals surface area contributed by atoms with E-state index in [1.165, 1.54) is 18.4 Å². The van der Waals surface area contributed by atoms with E-state index < -0.39 is 0 Å². The van der Waals surface area contributed by atoms with Crippen molar-refractivity contribution in [2.45, 2.75) is 31.8 Å². The molecule has 1 aromatic rings. The van der Waals surface area contributed by atoms with Crippen molar-refractivity contribution in [2.75, 3.05) is 13.1 Å². The zero-order valence-corrected chi connectivity index (χ0v) is 10.7. The van der Waals surface area contributed by atoms with Gasteiger partial charge in [-0.1, -0.05) is 0 Å². The first-order valence-corrected chi connectivity index (χ1v) is 7.31. The second kappa shape index (κ2) is 4.78. The number of carbonyl (C=O) groups excluding carboxylic acids is 1. The predicted octanol–water partition coefficient (Wildman–Crippen LogP) is 1.85. The molecule has 1 saturated carbocycles. The van der Waals surface area contributed by atoms with Gasteiger partial charge in [0.05, 0.1) is 5.92 Å². The Kier molecular flexibility index (Phi) is 3.16. The molecule has 1 aliphatic heterocycles. The second-order valence-corrected chi connectivity index (χ2v) is 5.80. The van der Waals surface area contributed by atoms with Crippen molar-refractivity contribution in [3.63, 3.8) is 0 Å². The molecule has 0 radical (unpaired) electrons. The molecular formula is C13H18N2OS. The number of amides is 1. The first-order valence-electron chi connectivity index (χ1n) is 6.37. The number of hydrogen-bond donors (Lipinski definition) is 1. The van der Waals surface area contributed by atoms with Gasteiger partial charge in [0.2, 0.25) is 5.91 Å². The zero-order valence-electron chi connectivity index (χ0n) is 9.89. The summed E-state index contributed by atoms with van der Waals surface area (Å²) < 4.78 is 0. The fraction of sp³-hybridized carbons (Fsp3) is 0.615. The molecule has 17 heavy (non-hydrogen) atoms. The van der Waals surface area contributed by atoms with Crippen LogP contribution < -0.4 is 5.32 Å². The minimum atomic E-state index is 0.217. The van der Waals surface area contributed by atoms with Gasteiger partial charge in [0.1, 0.15) is 0 Å². The average molecular weight is 250 g/mol. The topological polar surface area (TPSA) is 32.3 Å². The van der Waals surface area contributed by atoms with Gasteiger partial charge in [0, 0.05) is 19.1 Å². The average Bonchev–Trinajstić information content (AvgIpc) is 2.86. The van der Waals surface area contributed by atoms with E-state index in [1.54, 1.807) is 11.3 Å². The fourth-order valence-electron chi connectivity index (χ4n) is 2.45. The number of thiophene rings is 1. The van der Waals surface area contributed by atoms with E-state index >= 15 is 0 Å². The SMILES string of the molecule is O=C(C1CCNC1)N(Cc1ccsc1)C1CC1. The number of nitrogens with zero attached hydrogens (tertiary/aromatic N) is 1. The Morgan fingerprint density at radius 2 is 2.35 bits per heavy atom. The molecule has 0 bridgehead atoms. The van der Waals surface area contributed by atoms with Gasteiger partial charge >= 0.3 is 0 Å². The minimum absolute atomic E-state index is 0.217. The maximum absolute atomic E-state index is 12.4. The van der Waals surface area contributed by atoms with Crippen LogP contribution in [0.1, 0.15) is 24.8 Å². The maximum Gasteiger partial charge on any atom is 0.227 e. The van der Waals surface area contributed by atoms with Gasteiger partial charge in [0.25, 0.3) is 0 Å². The van der Waals surface area contributed by atoms with Gasteiger partial charge in [0.15, 0.2) is 0 Å². The standard InChI is InChI=1S/C13H18N2OS/c16-13(11-3-5-14-7-11)15(12-1-2-12)8-10-4-6-17-9-10/h4,6,9,11-12,14H,1-3,5,7-8H2. The first-order chi connectivity index (χ1) is 8.34. The summed E-state index contributed by atoms with van der Waals surface area (Å²) in [6.07, 6.45) is 3.39. The normalized spacial score (nSPS) is 23.9. The van der Waals surface area contributed by atoms with Gasteiger partial charge in [-0.15, -0.1) is 0 Å². The Morgan fingerprint density at radius 1 is 1.47 bits per heavy atom. The van der Waals surface area contributed by atoms with Crippen LogP contribution >= 0.6 is 11.3 Å². The molecule has 0 aromatic carbocycles. The van der Waals surface area contributed by atoms with E-state index in [2.05, 4.69) is 27.0 Å². The van der Waals surface area contributed by atoms with Crippen molar-refractivity contribution in [3.05, 3.63) is 22.4 Å². The summed E-state index contributed by atoms with van der Waals surface area (Å²) >= 11 is 1.71. The molecule has 4 heteroatoms. The van der Waals surface area contributed by atoms with E-state index in [4.69, 9.17) is 0 Å². The minimum Gasteiger partial charge on any atom is -0.335 e. The van der Waals surface area contributed by atoms with E-state index in [-0.39, 0.29) is 5.92 Å². The van der Waals surface area contributed by atoms with Gasteiger partial charge < -0.3 is 10.2 Å². The molecule has 2 fully saturated rings. The summed E-state index contributed by atoms with van der Waals surface area (Å²) in [5.74, 6) is 0.581. The lowest BCUT2D eigenvalue weighted by molar-refractivity contribution is -0.136. The maximum atomic E-state index is 12.4. The van der Waals surface area contributed by atoms with Crippen molar-refractivity contribution >= 4 is 17.2 Å². The molecule has 1 unspecified atom stereocenters. The highest BCUT2D eigenvalue weighted by atomic mass is 32.1. The number of rotatable bonds is 4. The molecule has 3 nitrogen and oxygen atoms in total. The first kappa shape index (κ1) is 11.2. The third-order valence-corrected chi connectivity index (χ3v) is 4.35. The van der Waals surface area contributed by atoms with Gasteiger partial charge in [-0.2, -0.15) is 11.3 Å². The van der Waals surface area contributed by atoms with Gasteiger partial charge in [-0.05, 0) is 48.2 Å². The lowest BCUT2D eigenvalue weighted by Gasteiger charge is -2.25. The number of hydrogen-bond acceptors (Lipinski definition) is 3. The van der Waals surface area contributed by atoms with Crippen LogP contribution in [0.15, 0.2) is 16.8 Å². The molecule has 1 aliphatic carbocycles. The zero-order chi connectivity index (χ0) is 11.7. The number of carbonyl (C=O) groups is 1. The van der Waals surface area contributed by atoms with Crippen LogP contribution in [0.25, 0.3) is 0 Å². The molecule has 1 N–H and O–H groups in total. The molecule has 3 rings (SSSR count). The van der Waals surface area contributed by atoms with Crippen LogP contribution in [0.3, 0.4) is 0 Å². The Hall–Kier alpha value is -0.870. The summed E-state index contributed by atoms with van der Waals surface area (Å²) in [4.78, 5) is 14.6. The highest BCUT2D eigenvalue weighted by Crippen LogP contribution is 2.30. The van der Waals surface area contributed by atoms with Gasteiger partial charge in [-0.25, -0.2) is 0 Å². The molecule has 2 heterocycles. The molecular weight excluding hydrogens is 232 g/mol. The van der Waals surface area contributed by atoms with E-state index in [9.17, 15) is 4.79 Å². The van der Waals surface area contributed by atoms with Crippen LogP contribution in [0.5, 0.6) is 0 Å². The van der Waals surface area contributed by atoms with Crippen LogP contribution in [-0.4, -0.2) is 29.9 Å². The van der Waals surface area contributed by atoms with Crippen LogP contribution in [0.4, 0.5) is 0 Å². The van der Waals surface area contributed by atoms with Crippen molar-refractivity contribution < 1.29 is 4.79 Å². The van der Waals surface area contributed by atoms with Crippen LogP contribution in [-0.2, 0) is 11.3 Å². The van der Waals surface area contributed by atoms with Crippen LogP contribution in [0.2, 0.25) is 0 Å². The summed E-state index contributed by atoms with van der Waals surface area (Å²) in [7, 11) is 0. The molecule has 1 aromatic heterocycles. The molecule has 1 atom stereocenters. The van der Waals surface area contributed by atoms with Crippen molar-refractivity contribution in [3.8, 4) is 0 Å². The summed E-state index contributed by atoms with van der Waals surface area (Å²) in [5.41, 5.74) is 1.28. The Bertz CT molecular complexity index is 380. The summed E-state index contributed by atoms with van der Waals surface area (Å²) in [5, 5.41) is 7.51. The lowest BCUT2D eigenvalue weighted by atomic mass is 10.1. The molecule has 92 valence electrons. The molecule has 2 aliphatic rings. The second-order valence-electron chi connectivity index (χ2n) is 5.02.